The Labute approximate surface area is 107 Å². The Morgan fingerprint density at radius 2 is 1.78 bits per heavy atom. The van der Waals surface area contributed by atoms with Gasteiger partial charge >= 0.3 is 0 Å². The molecule has 0 spiro atoms. The first-order chi connectivity index (χ1) is 8.75. The lowest BCUT2D eigenvalue weighted by molar-refractivity contribution is -0.142. The molecule has 2 heterocycles. The van der Waals surface area contributed by atoms with Crippen molar-refractivity contribution >= 4 is 5.91 Å². The number of rotatable bonds is 1. The summed E-state index contributed by atoms with van der Waals surface area (Å²) in [4.78, 5) is 14.2. The number of carbonyl (C=O) groups excluding carboxylic acids is 1. The maximum Gasteiger partial charge on any atom is 0.223 e. The fourth-order valence-electron chi connectivity index (χ4n) is 3.37. The van der Waals surface area contributed by atoms with Crippen LogP contribution in [0.2, 0.25) is 0 Å². The van der Waals surface area contributed by atoms with Crippen molar-refractivity contribution < 1.29 is 9.18 Å². The van der Waals surface area contributed by atoms with E-state index in [1.54, 1.807) is 0 Å². The average molecular weight is 247 g/mol. The molecule has 1 aromatic rings. The van der Waals surface area contributed by atoms with Crippen LogP contribution in [-0.4, -0.2) is 16.8 Å². The molecule has 18 heavy (non-hydrogen) atoms. The number of amides is 1. The highest BCUT2D eigenvalue weighted by molar-refractivity contribution is 5.78. The van der Waals surface area contributed by atoms with Gasteiger partial charge in [0.25, 0.3) is 0 Å². The highest BCUT2D eigenvalue weighted by Gasteiger charge is 2.36. The predicted molar refractivity (Wildman–Crippen MR) is 67.5 cm³/mol. The molecule has 2 saturated heterocycles. The molecule has 2 aliphatic heterocycles. The lowest BCUT2D eigenvalue weighted by Crippen LogP contribution is -2.48. The van der Waals surface area contributed by atoms with Crippen molar-refractivity contribution in [3.8, 4) is 0 Å². The Hall–Kier alpha value is -1.38. The normalized spacial score (nSPS) is 28.1. The van der Waals surface area contributed by atoms with Gasteiger partial charge in [-0.25, -0.2) is 4.39 Å². The third-order valence-electron chi connectivity index (χ3n) is 4.21. The molecule has 2 fully saturated rings. The molecule has 96 valence electrons. The molecule has 3 rings (SSSR count). The van der Waals surface area contributed by atoms with Crippen molar-refractivity contribution in [1.29, 1.82) is 0 Å². The number of fused-ring (bicyclic) bond motifs is 1. The summed E-state index contributed by atoms with van der Waals surface area (Å²) in [5.41, 5.74) is 1.08. The number of piperidine rings is 2. The molecule has 2 atom stereocenters. The van der Waals surface area contributed by atoms with Crippen LogP contribution in [0.25, 0.3) is 0 Å². The third-order valence-corrected chi connectivity index (χ3v) is 4.21. The second-order valence-electron chi connectivity index (χ2n) is 5.35. The van der Waals surface area contributed by atoms with Gasteiger partial charge < -0.3 is 4.90 Å². The van der Waals surface area contributed by atoms with E-state index < -0.39 is 0 Å². The zero-order chi connectivity index (χ0) is 12.5. The van der Waals surface area contributed by atoms with E-state index in [1.807, 2.05) is 12.1 Å². The van der Waals surface area contributed by atoms with E-state index >= 15 is 0 Å². The van der Waals surface area contributed by atoms with Crippen molar-refractivity contribution in [1.82, 2.24) is 4.90 Å². The van der Waals surface area contributed by atoms with Gasteiger partial charge in [-0.15, -0.1) is 0 Å². The third kappa shape index (κ3) is 2.02. The van der Waals surface area contributed by atoms with Gasteiger partial charge in [-0.2, -0.15) is 0 Å². The average Bonchev–Trinajstić information content (AvgIpc) is 2.39. The summed E-state index contributed by atoms with van der Waals surface area (Å²) in [7, 11) is 0. The van der Waals surface area contributed by atoms with Crippen LogP contribution in [0.3, 0.4) is 0 Å². The minimum absolute atomic E-state index is 0.164. The highest BCUT2D eigenvalue weighted by atomic mass is 19.1. The lowest BCUT2D eigenvalue weighted by Gasteiger charge is -2.45. The SMILES string of the molecule is O=C1CCC[C@H]2CCC[C@@H](c3ccc(F)cc3)N12. The van der Waals surface area contributed by atoms with E-state index in [0.717, 1.165) is 37.7 Å². The quantitative estimate of drug-likeness (QED) is 0.744. The van der Waals surface area contributed by atoms with E-state index in [9.17, 15) is 9.18 Å². The maximum atomic E-state index is 13.0. The molecule has 0 saturated carbocycles. The van der Waals surface area contributed by atoms with Crippen molar-refractivity contribution in [2.45, 2.75) is 50.6 Å². The van der Waals surface area contributed by atoms with Crippen molar-refractivity contribution in [3.05, 3.63) is 35.6 Å². The van der Waals surface area contributed by atoms with Crippen LogP contribution < -0.4 is 0 Å². The van der Waals surface area contributed by atoms with Crippen LogP contribution >= 0.6 is 0 Å². The zero-order valence-electron chi connectivity index (χ0n) is 10.4. The number of benzene rings is 1. The Balaban J connectivity index is 1.89. The number of hydrogen-bond acceptors (Lipinski definition) is 1. The first kappa shape index (κ1) is 11.7. The Morgan fingerprint density at radius 3 is 2.56 bits per heavy atom. The molecule has 0 N–H and O–H groups in total. The van der Waals surface area contributed by atoms with Crippen LogP contribution in [0.5, 0.6) is 0 Å². The fourth-order valence-corrected chi connectivity index (χ4v) is 3.37. The minimum Gasteiger partial charge on any atom is -0.333 e. The van der Waals surface area contributed by atoms with Gasteiger partial charge in [-0.05, 0) is 49.8 Å². The van der Waals surface area contributed by atoms with Gasteiger partial charge in [-0.1, -0.05) is 12.1 Å². The smallest absolute Gasteiger partial charge is 0.223 e. The van der Waals surface area contributed by atoms with E-state index in [-0.39, 0.29) is 17.8 Å². The molecule has 0 aromatic heterocycles. The summed E-state index contributed by atoms with van der Waals surface area (Å²) < 4.78 is 13.0. The van der Waals surface area contributed by atoms with Crippen LogP contribution in [0, 0.1) is 5.82 Å². The second kappa shape index (κ2) is 4.71. The number of halogens is 1. The van der Waals surface area contributed by atoms with Crippen LogP contribution in [0.4, 0.5) is 4.39 Å². The summed E-state index contributed by atoms with van der Waals surface area (Å²) in [6.07, 6.45) is 6.13. The zero-order valence-corrected chi connectivity index (χ0v) is 10.4. The van der Waals surface area contributed by atoms with Crippen LogP contribution in [-0.2, 0) is 4.79 Å². The summed E-state index contributed by atoms with van der Waals surface area (Å²) >= 11 is 0. The summed E-state index contributed by atoms with van der Waals surface area (Å²) in [6.45, 7) is 0. The van der Waals surface area contributed by atoms with Crippen molar-refractivity contribution in [3.63, 3.8) is 0 Å². The molecule has 0 unspecified atom stereocenters. The molecule has 1 aromatic carbocycles. The van der Waals surface area contributed by atoms with Gasteiger partial charge in [-0.3, -0.25) is 4.79 Å². The molecule has 0 aliphatic carbocycles. The molecular weight excluding hydrogens is 229 g/mol. The van der Waals surface area contributed by atoms with Gasteiger partial charge in [0.1, 0.15) is 5.82 Å². The summed E-state index contributed by atoms with van der Waals surface area (Å²) in [6, 6.07) is 7.21. The Morgan fingerprint density at radius 1 is 1.06 bits per heavy atom. The van der Waals surface area contributed by atoms with Crippen molar-refractivity contribution in [2.75, 3.05) is 0 Å². The Bertz CT molecular complexity index is 440. The van der Waals surface area contributed by atoms with Crippen LogP contribution in [0.15, 0.2) is 24.3 Å². The summed E-state index contributed by atoms with van der Waals surface area (Å²) in [5, 5.41) is 0. The monoisotopic (exact) mass is 247 g/mol. The van der Waals surface area contributed by atoms with Gasteiger partial charge in [0.2, 0.25) is 5.91 Å². The Kier molecular flexibility index (Phi) is 3.06. The fraction of sp³-hybridized carbons (Fsp3) is 0.533. The van der Waals surface area contributed by atoms with E-state index in [2.05, 4.69) is 4.90 Å². The van der Waals surface area contributed by atoms with Gasteiger partial charge in [0, 0.05) is 12.5 Å². The first-order valence-electron chi connectivity index (χ1n) is 6.82. The van der Waals surface area contributed by atoms with Gasteiger partial charge in [0.05, 0.1) is 6.04 Å². The van der Waals surface area contributed by atoms with E-state index in [0.29, 0.717) is 12.5 Å². The standard InChI is InChI=1S/C15H18FNO/c16-12-9-7-11(8-10-12)14-5-1-3-13-4-2-6-15(18)17(13)14/h7-10,13-14H,1-6H2/t13-,14+/m1/s1. The summed E-state index contributed by atoms with van der Waals surface area (Å²) in [5.74, 6) is 0.0661. The lowest BCUT2D eigenvalue weighted by atomic mass is 9.86. The molecule has 3 heteroatoms. The predicted octanol–water partition coefficient (Wildman–Crippen LogP) is 3.43. The largest absolute Gasteiger partial charge is 0.333 e. The first-order valence-corrected chi connectivity index (χ1v) is 6.82. The maximum absolute atomic E-state index is 13.0. The van der Waals surface area contributed by atoms with Crippen molar-refractivity contribution in [2.24, 2.45) is 0 Å². The van der Waals surface area contributed by atoms with E-state index in [1.165, 1.54) is 12.1 Å². The number of carbonyl (C=O) groups is 1. The molecule has 2 aliphatic rings. The number of nitrogens with zero attached hydrogens (tertiary/aromatic N) is 1. The molecule has 0 radical (unpaired) electrons. The molecular formula is C15H18FNO. The molecule has 2 nitrogen and oxygen atoms in total. The van der Waals surface area contributed by atoms with Gasteiger partial charge in [0.15, 0.2) is 0 Å². The number of hydrogen-bond donors (Lipinski definition) is 0. The highest BCUT2D eigenvalue weighted by Crippen LogP contribution is 2.38. The second-order valence-corrected chi connectivity index (χ2v) is 5.35. The molecule has 1 amide bonds. The van der Waals surface area contributed by atoms with Crippen LogP contribution in [0.1, 0.15) is 50.1 Å². The molecule has 0 bridgehead atoms. The minimum atomic E-state index is -0.212. The van der Waals surface area contributed by atoms with E-state index in [4.69, 9.17) is 0 Å². The topological polar surface area (TPSA) is 20.3 Å².